The van der Waals surface area contributed by atoms with Gasteiger partial charge in [-0.25, -0.2) is 0 Å². The Kier molecular flexibility index (Phi) is 5.11. The first-order chi connectivity index (χ1) is 10.2. The quantitative estimate of drug-likeness (QED) is 0.767. The lowest BCUT2D eigenvalue weighted by Crippen LogP contribution is -2.14. The maximum absolute atomic E-state index is 12.3. The van der Waals surface area contributed by atoms with E-state index in [-0.39, 0.29) is 12.2 Å². The van der Waals surface area contributed by atoms with Gasteiger partial charge >= 0.3 is 0 Å². The normalized spacial score (nSPS) is 11.6. The third kappa shape index (κ3) is 3.70. The molecule has 0 N–H and O–H groups in total. The van der Waals surface area contributed by atoms with Crippen LogP contribution in [0.5, 0.6) is 0 Å². The minimum absolute atomic E-state index is 0.101. The van der Waals surface area contributed by atoms with Crippen LogP contribution in [0, 0.1) is 28.6 Å². The Morgan fingerprint density at radius 3 is 2.33 bits per heavy atom. The Bertz CT molecular complexity index is 698. The van der Waals surface area contributed by atoms with Gasteiger partial charge in [-0.2, -0.15) is 10.5 Å². The molecule has 1 heterocycles. The lowest BCUT2D eigenvalue weighted by Gasteiger charge is -2.16. The first kappa shape index (κ1) is 15.3. The summed E-state index contributed by atoms with van der Waals surface area (Å²) in [5.74, 6) is -1.39. The summed E-state index contributed by atoms with van der Waals surface area (Å²) in [6.45, 7) is 0. The summed E-state index contributed by atoms with van der Waals surface area (Å²) in [5, 5.41) is 18.3. The van der Waals surface area contributed by atoms with Crippen LogP contribution in [0.25, 0.3) is 0 Å². The van der Waals surface area contributed by atoms with Crippen LogP contribution in [0.15, 0.2) is 42.5 Å². The van der Waals surface area contributed by atoms with Crippen LogP contribution in [0.1, 0.15) is 27.6 Å². The number of carbonyl (C=O) groups excluding carboxylic acids is 1. The third-order valence-electron chi connectivity index (χ3n) is 3.16. The molecule has 0 saturated heterocycles. The van der Waals surface area contributed by atoms with E-state index < -0.39 is 11.8 Å². The van der Waals surface area contributed by atoms with Crippen molar-refractivity contribution in [3.63, 3.8) is 0 Å². The number of Topliss-reactive ketones (excluding diaryl/α,β-unsaturated/α-hetero) is 1. The van der Waals surface area contributed by atoms with Crippen LogP contribution in [-0.4, -0.2) is 5.78 Å². The van der Waals surface area contributed by atoms with Crippen molar-refractivity contribution in [2.45, 2.75) is 12.3 Å². The van der Waals surface area contributed by atoms with Crippen molar-refractivity contribution >= 4 is 28.7 Å². The zero-order valence-corrected chi connectivity index (χ0v) is 12.6. The molecule has 5 heteroatoms. The van der Waals surface area contributed by atoms with Gasteiger partial charge in [-0.3, -0.25) is 4.79 Å². The number of benzene rings is 1. The fourth-order valence-corrected chi connectivity index (χ4v) is 3.09. The SMILES string of the molecule is N#CC(C#N)C(CC(=O)c1ccc(Cl)s1)c1ccccc1. The number of ketones is 1. The van der Waals surface area contributed by atoms with Gasteiger partial charge in [0.1, 0.15) is 5.92 Å². The topological polar surface area (TPSA) is 64.7 Å². The summed E-state index contributed by atoms with van der Waals surface area (Å²) < 4.78 is 0.548. The number of hydrogen-bond donors (Lipinski definition) is 0. The summed E-state index contributed by atoms with van der Waals surface area (Å²) in [6, 6.07) is 16.5. The van der Waals surface area contributed by atoms with E-state index >= 15 is 0 Å². The molecular weight excluding hydrogens is 304 g/mol. The number of carbonyl (C=O) groups is 1. The maximum Gasteiger partial charge on any atom is 0.173 e. The van der Waals surface area contributed by atoms with Crippen LogP contribution < -0.4 is 0 Å². The van der Waals surface area contributed by atoms with Crippen molar-refractivity contribution in [2.24, 2.45) is 5.92 Å². The zero-order valence-electron chi connectivity index (χ0n) is 11.0. The Morgan fingerprint density at radius 2 is 1.81 bits per heavy atom. The Hall–Kier alpha value is -2.14. The van der Waals surface area contributed by atoms with Crippen LogP contribution in [0.2, 0.25) is 4.34 Å². The predicted octanol–water partition coefficient (Wildman–Crippen LogP) is 4.42. The highest BCUT2D eigenvalue weighted by Crippen LogP contribution is 2.31. The average Bonchev–Trinajstić information content (AvgIpc) is 2.95. The van der Waals surface area contributed by atoms with E-state index in [4.69, 9.17) is 22.1 Å². The summed E-state index contributed by atoms with van der Waals surface area (Å²) >= 11 is 7.05. The summed E-state index contributed by atoms with van der Waals surface area (Å²) in [7, 11) is 0. The van der Waals surface area contributed by atoms with E-state index in [1.54, 1.807) is 12.1 Å². The molecule has 104 valence electrons. The fourth-order valence-electron chi connectivity index (χ4n) is 2.10. The standard InChI is InChI=1S/C16H11ClN2OS/c17-16-7-6-15(21-16)14(20)8-13(12(9-18)10-19)11-4-2-1-3-5-11/h1-7,12-13H,8H2. The molecule has 1 aromatic heterocycles. The van der Waals surface area contributed by atoms with Gasteiger partial charge in [0.15, 0.2) is 5.78 Å². The molecule has 0 radical (unpaired) electrons. The minimum atomic E-state index is -0.855. The van der Waals surface area contributed by atoms with Crippen LogP contribution in [0.4, 0.5) is 0 Å². The second-order valence-electron chi connectivity index (χ2n) is 4.48. The lowest BCUT2D eigenvalue weighted by molar-refractivity contribution is 0.0975. The molecule has 21 heavy (non-hydrogen) atoms. The molecule has 2 rings (SSSR count). The third-order valence-corrected chi connectivity index (χ3v) is 4.43. The summed E-state index contributed by atoms with van der Waals surface area (Å²) in [6.07, 6.45) is 0.118. The molecule has 1 atom stereocenters. The number of thiophene rings is 1. The highest BCUT2D eigenvalue weighted by Gasteiger charge is 2.26. The molecule has 0 fully saturated rings. The van der Waals surface area contributed by atoms with Gasteiger partial charge in [0, 0.05) is 12.3 Å². The monoisotopic (exact) mass is 314 g/mol. The van der Waals surface area contributed by atoms with Gasteiger partial charge in [-0.1, -0.05) is 41.9 Å². The molecule has 1 unspecified atom stereocenters. The van der Waals surface area contributed by atoms with Gasteiger partial charge < -0.3 is 0 Å². The number of hydrogen-bond acceptors (Lipinski definition) is 4. The average molecular weight is 315 g/mol. The number of rotatable bonds is 5. The van der Waals surface area contributed by atoms with Crippen molar-refractivity contribution in [1.82, 2.24) is 0 Å². The molecule has 1 aromatic carbocycles. The van der Waals surface area contributed by atoms with Crippen molar-refractivity contribution in [1.29, 1.82) is 10.5 Å². The van der Waals surface area contributed by atoms with E-state index in [1.165, 1.54) is 11.3 Å². The van der Waals surface area contributed by atoms with Gasteiger partial charge in [0.2, 0.25) is 0 Å². The molecule has 0 aliphatic heterocycles. The fraction of sp³-hybridized carbons (Fsp3) is 0.188. The number of halogens is 1. The van der Waals surface area contributed by atoms with Crippen molar-refractivity contribution in [3.8, 4) is 12.1 Å². The lowest BCUT2D eigenvalue weighted by atomic mass is 9.83. The Morgan fingerprint density at radius 1 is 1.14 bits per heavy atom. The minimum Gasteiger partial charge on any atom is -0.293 e. The first-order valence-corrected chi connectivity index (χ1v) is 7.48. The Labute approximate surface area is 132 Å². The smallest absolute Gasteiger partial charge is 0.173 e. The zero-order chi connectivity index (χ0) is 15.2. The molecule has 0 bridgehead atoms. The number of nitrogens with zero attached hydrogens (tertiary/aromatic N) is 2. The molecule has 0 aliphatic carbocycles. The van der Waals surface area contributed by atoms with Crippen molar-refractivity contribution in [3.05, 3.63) is 57.2 Å². The van der Waals surface area contributed by atoms with Crippen molar-refractivity contribution in [2.75, 3.05) is 0 Å². The molecule has 0 spiro atoms. The summed E-state index contributed by atoms with van der Waals surface area (Å²) in [4.78, 5) is 12.9. The molecule has 0 aliphatic rings. The van der Waals surface area contributed by atoms with Crippen LogP contribution in [0.3, 0.4) is 0 Å². The molecular formula is C16H11ClN2OS. The van der Waals surface area contributed by atoms with E-state index in [2.05, 4.69) is 0 Å². The van der Waals surface area contributed by atoms with E-state index in [9.17, 15) is 4.79 Å². The van der Waals surface area contributed by atoms with E-state index in [1.807, 2.05) is 42.5 Å². The van der Waals surface area contributed by atoms with Crippen LogP contribution in [-0.2, 0) is 0 Å². The summed E-state index contributed by atoms with van der Waals surface area (Å²) in [5.41, 5.74) is 0.821. The number of nitriles is 2. The molecule has 3 nitrogen and oxygen atoms in total. The second kappa shape index (κ2) is 7.04. The van der Waals surface area contributed by atoms with E-state index in [0.717, 1.165) is 5.56 Å². The molecule has 2 aromatic rings. The highest BCUT2D eigenvalue weighted by atomic mass is 35.5. The molecule has 0 saturated carbocycles. The predicted molar refractivity (Wildman–Crippen MR) is 82.2 cm³/mol. The van der Waals surface area contributed by atoms with Gasteiger partial charge in [-0.05, 0) is 17.7 Å². The molecule has 0 amide bonds. The van der Waals surface area contributed by atoms with Crippen molar-refractivity contribution < 1.29 is 4.79 Å². The first-order valence-electron chi connectivity index (χ1n) is 6.28. The second-order valence-corrected chi connectivity index (χ2v) is 6.20. The maximum atomic E-state index is 12.3. The van der Waals surface area contributed by atoms with Gasteiger partial charge in [0.05, 0.1) is 21.4 Å². The van der Waals surface area contributed by atoms with E-state index in [0.29, 0.717) is 9.21 Å². The van der Waals surface area contributed by atoms with Crippen LogP contribution >= 0.6 is 22.9 Å². The highest BCUT2D eigenvalue weighted by molar-refractivity contribution is 7.18. The van der Waals surface area contributed by atoms with Gasteiger partial charge in [0.25, 0.3) is 0 Å². The largest absolute Gasteiger partial charge is 0.293 e. The Balaban J connectivity index is 2.27. The van der Waals surface area contributed by atoms with Gasteiger partial charge in [-0.15, -0.1) is 11.3 Å².